The largest absolute Gasteiger partial charge is 0.335 e. The molecule has 1 aromatic rings. The van der Waals surface area contributed by atoms with Gasteiger partial charge in [-0.2, -0.15) is 0 Å². The van der Waals surface area contributed by atoms with E-state index in [0.717, 1.165) is 13.1 Å². The summed E-state index contributed by atoms with van der Waals surface area (Å²) in [7, 11) is 0. The molecule has 1 amide bonds. The predicted molar refractivity (Wildman–Crippen MR) is 74.8 cm³/mol. The maximum Gasteiger partial charge on any atom is 0.287 e. The summed E-state index contributed by atoms with van der Waals surface area (Å²) in [4.78, 5) is 24.8. The number of piperazine rings is 1. The van der Waals surface area contributed by atoms with Crippen LogP contribution in [0.1, 0.15) is 37.3 Å². The lowest BCUT2D eigenvalue weighted by Crippen LogP contribution is -2.52. The number of carbonyl (C=O) groups excluding carboxylic acids is 1. The third kappa shape index (κ3) is 2.67. The zero-order valence-corrected chi connectivity index (χ0v) is 12.0. The van der Waals surface area contributed by atoms with E-state index < -0.39 is 4.92 Å². The van der Waals surface area contributed by atoms with Crippen molar-refractivity contribution >= 4 is 11.6 Å². The topological polar surface area (TPSA) is 80.4 Å². The van der Waals surface area contributed by atoms with E-state index in [1.165, 1.54) is 12.3 Å². The van der Waals surface area contributed by atoms with Gasteiger partial charge in [-0.1, -0.05) is 0 Å². The molecule has 1 N–H and O–H groups in total. The summed E-state index contributed by atoms with van der Waals surface area (Å²) in [5, 5.41) is 14.1. The standard InChI is InChI=1S/C13H20N4O3/c1-9(2)16-8-11(17(19)20)6-12(16)13(18)15-5-4-14-7-10(15)3/h6,8-10,14H,4-5,7H2,1-3H3/t10-/m1/s1. The molecule has 1 aliphatic rings. The van der Waals surface area contributed by atoms with Crippen LogP contribution < -0.4 is 5.32 Å². The van der Waals surface area contributed by atoms with Gasteiger partial charge in [-0.25, -0.2) is 0 Å². The van der Waals surface area contributed by atoms with Gasteiger partial charge in [0.05, 0.1) is 11.1 Å². The molecule has 0 aromatic carbocycles. The molecule has 0 aliphatic carbocycles. The molecular weight excluding hydrogens is 260 g/mol. The molecule has 1 fully saturated rings. The second-order valence-corrected chi connectivity index (χ2v) is 5.39. The Bertz CT molecular complexity index is 524. The average molecular weight is 280 g/mol. The van der Waals surface area contributed by atoms with Crippen molar-refractivity contribution in [2.75, 3.05) is 19.6 Å². The summed E-state index contributed by atoms with van der Waals surface area (Å²) in [6.45, 7) is 7.90. The van der Waals surface area contributed by atoms with Crippen LogP contribution in [-0.2, 0) is 0 Å². The molecule has 7 heteroatoms. The molecule has 110 valence electrons. The molecule has 0 radical (unpaired) electrons. The van der Waals surface area contributed by atoms with E-state index in [0.29, 0.717) is 12.2 Å². The lowest BCUT2D eigenvalue weighted by Gasteiger charge is -2.34. The highest BCUT2D eigenvalue weighted by Gasteiger charge is 2.28. The van der Waals surface area contributed by atoms with Crippen molar-refractivity contribution in [1.29, 1.82) is 0 Å². The summed E-state index contributed by atoms with van der Waals surface area (Å²) < 4.78 is 1.68. The minimum Gasteiger partial charge on any atom is -0.335 e. The number of aromatic nitrogens is 1. The molecule has 0 unspecified atom stereocenters. The highest BCUT2D eigenvalue weighted by Crippen LogP contribution is 2.22. The molecule has 0 saturated carbocycles. The maximum absolute atomic E-state index is 12.6. The van der Waals surface area contributed by atoms with Crippen LogP contribution in [0.15, 0.2) is 12.3 Å². The van der Waals surface area contributed by atoms with Gasteiger partial charge in [-0.3, -0.25) is 14.9 Å². The SMILES string of the molecule is CC(C)n1cc([N+](=O)[O-])cc1C(=O)N1CCNC[C@H]1C. The number of nitrogens with one attached hydrogen (secondary N) is 1. The maximum atomic E-state index is 12.6. The van der Waals surface area contributed by atoms with Crippen LogP contribution >= 0.6 is 0 Å². The number of carbonyl (C=O) groups is 1. The van der Waals surface area contributed by atoms with Crippen LogP contribution in [0.25, 0.3) is 0 Å². The van der Waals surface area contributed by atoms with Gasteiger partial charge in [-0.15, -0.1) is 0 Å². The number of nitrogens with zero attached hydrogens (tertiary/aromatic N) is 3. The van der Waals surface area contributed by atoms with Crippen LogP contribution in [0, 0.1) is 10.1 Å². The summed E-state index contributed by atoms with van der Waals surface area (Å²) in [6.07, 6.45) is 1.44. The molecule has 20 heavy (non-hydrogen) atoms. The van der Waals surface area contributed by atoms with Crippen molar-refractivity contribution in [3.63, 3.8) is 0 Å². The second kappa shape index (κ2) is 5.62. The van der Waals surface area contributed by atoms with Crippen LogP contribution in [-0.4, -0.2) is 46.0 Å². The Labute approximate surface area is 117 Å². The molecule has 0 bridgehead atoms. The fourth-order valence-electron chi connectivity index (χ4n) is 2.45. The Morgan fingerprint density at radius 3 is 2.80 bits per heavy atom. The first-order valence-corrected chi connectivity index (χ1v) is 6.79. The molecule has 1 aromatic heterocycles. The first-order chi connectivity index (χ1) is 9.41. The monoisotopic (exact) mass is 280 g/mol. The zero-order chi connectivity index (χ0) is 14.9. The number of hydrogen-bond acceptors (Lipinski definition) is 4. The first-order valence-electron chi connectivity index (χ1n) is 6.79. The van der Waals surface area contributed by atoms with Gasteiger partial charge >= 0.3 is 0 Å². The molecule has 2 rings (SSSR count). The number of nitro groups is 1. The summed E-state index contributed by atoms with van der Waals surface area (Å²) in [5.41, 5.74) is 0.352. The molecule has 7 nitrogen and oxygen atoms in total. The minimum atomic E-state index is -0.461. The fourth-order valence-corrected chi connectivity index (χ4v) is 2.45. The highest BCUT2D eigenvalue weighted by molar-refractivity contribution is 5.94. The van der Waals surface area contributed by atoms with Crippen molar-refractivity contribution in [2.45, 2.75) is 32.9 Å². The van der Waals surface area contributed by atoms with E-state index in [9.17, 15) is 14.9 Å². The van der Waals surface area contributed by atoms with Gasteiger partial charge in [0, 0.05) is 37.8 Å². The Balaban J connectivity index is 2.35. The Morgan fingerprint density at radius 1 is 1.55 bits per heavy atom. The number of hydrogen-bond donors (Lipinski definition) is 1. The van der Waals surface area contributed by atoms with Crippen molar-refractivity contribution in [3.05, 3.63) is 28.1 Å². The Morgan fingerprint density at radius 2 is 2.25 bits per heavy atom. The van der Waals surface area contributed by atoms with Gasteiger partial charge in [0.1, 0.15) is 5.69 Å². The van der Waals surface area contributed by atoms with Crippen molar-refractivity contribution in [2.24, 2.45) is 0 Å². The van der Waals surface area contributed by atoms with E-state index in [2.05, 4.69) is 5.32 Å². The highest BCUT2D eigenvalue weighted by atomic mass is 16.6. The number of amides is 1. The lowest BCUT2D eigenvalue weighted by molar-refractivity contribution is -0.384. The second-order valence-electron chi connectivity index (χ2n) is 5.39. The third-order valence-corrected chi connectivity index (χ3v) is 3.58. The zero-order valence-electron chi connectivity index (χ0n) is 12.0. The van der Waals surface area contributed by atoms with Crippen LogP contribution in [0.4, 0.5) is 5.69 Å². The van der Waals surface area contributed by atoms with E-state index in [4.69, 9.17) is 0 Å². The Hall–Kier alpha value is -1.89. The molecule has 0 spiro atoms. The molecule has 1 atom stereocenters. The minimum absolute atomic E-state index is 0.000807. The molecule has 1 aliphatic heterocycles. The Kier molecular flexibility index (Phi) is 4.08. The van der Waals surface area contributed by atoms with Crippen molar-refractivity contribution in [3.8, 4) is 0 Å². The van der Waals surface area contributed by atoms with Crippen molar-refractivity contribution < 1.29 is 9.72 Å². The van der Waals surface area contributed by atoms with E-state index in [1.807, 2.05) is 20.8 Å². The lowest BCUT2D eigenvalue weighted by atomic mass is 10.2. The van der Waals surface area contributed by atoms with Gasteiger partial charge in [0.2, 0.25) is 0 Å². The fraction of sp³-hybridized carbons (Fsp3) is 0.615. The van der Waals surface area contributed by atoms with Gasteiger partial charge < -0.3 is 14.8 Å². The van der Waals surface area contributed by atoms with Crippen LogP contribution in [0.3, 0.4) is 0 Å². The summed E-state index contributed by atoms with van der Waals surface area (Å²) in [6, 6.07) is 1.46. The molecular formula is C13H20N4O3. The van der Waals surface area contributed by atoms with Gasteiger partial charge in [-0.05, 0) is 20.8 Å². The van der Waals surface area contributed by atoms with Crippen molar-refractivity contribution in [1.82, 2.24) is 14.8 Å². The molecule has 2 heterocycles. The smallest absolute Gasteiger partial charge is 0.287 e. The number of rotatable bonds is 3. The summed E-state index contributed by atoms with van der Waals surface area (Å²) in [5.74, 6) is -0.138. The summed E-state index contributed by atoms with van der Waals surface area (Å²) >= 11 is 0. The predicted octanol–water partition coefficient (Wildman–Crippen LogP) is 1.41. The average Bonchev–Trinajstić information content (AvgIpc) is 2.84. The van der Waals surface area contributed by atoms with E-state index in [1.54, 1.807) is 9.47 Å². The van der Waals surface area contributed by atoms with Crippen LogP contribution in [0.5, 0.6) is 0 Å². The normalized spacial score (nSPS) is 19.4. The van der Waals surface area contributed by atoms with Crippen LogP contribution in [0.2, 0.25) is 0 Å². The van der Waals surface area contributed by atoms with E-state index >= 15 is 0 Å². The molecule has 1 saturated heterocycles. The van der Waals surface area contributed by atoms with Gasteiger partial charge in [0.15, 0.2) is 0 Å². The van der Waals surface area contributed by atoms with Gasteiger partial charge in [0.25, 0.3) is 11.6 Å². The van der Waals surface area contributed by atoms with E-state index in [-0.39, 0.29) is 23.7 Å². The quantitative estimate of drug-likeness (QED) is 0.670. The first kappa shape index (κ1) is 14.5. The third-order valence-electron chi connectivity index (χ3n) is 3.58.